The Labute approximate surface area is 136 Å². The van der Waals surface area contributed by atoms with Gasteiger partial charge >= 0.3 is 0 Å². The molecule has 2 heterocycles. The Morgan fingerprint density at radius 1 is 1.22 bits per heavy atom. The zero-order chi connectivity index (χ0) is 16.2. The molecule has 23 heavy (non-hydrogen) atoms. The number of fused-ring (bicyclic) bond motifs is 1. The molecule has 2 aliphatic rings. The zero-order valence-electron chi connectivity index (χ0n) is 13.5. The summed E-state index contributed by atoms with van der Waals surface area (Å²) in [5.41, 5.74) is 0.972. The summed E-state index contributed by atoms with van der Waals surface area (Å²) in [4.78, 5) is 27.5. The summed E-state index contributed by atoms with van der Waals surface area (Å²) in [7, 11) is 0. The Bertz CT molecular complexity index is 582. The molecule has 124 valence electrons. The van der Waals surface area contributed by atoms with Gasteiger partial charge in [0, 0.05) is 26.1 Å². The quantitative estimate of drug-likeness (QED) is 0.904. The van der Waals surface area contributed by atoms with Crippen LogP contribution in [0.4, 0.5) is 5.69 Å². The van der Waals surface area contributed by atoms with Crippen LogP contribution in [0.5, 0.6) is 5.75 Å². The number of amides is 2. The van der Waals surface area contributed by atoms with Crippen molar-refractivity contribution < 1.29 is 14.3 Å². The van der Waals surface area contributed by atoms with Crippen LogP contribution in [0.1, 0.15) is 19.8 Å². The standard InChI is InChI=1S/C17H23N3O3/c1-13(21)19-8-6-14(7-9-19)18-17(22)12-20-10-11-23-16-5-3-2-4-15(16)20/h2-5,14H,6-12H2,1H3,(H,18,22). The van der Waals surface area contributed by atoms with Crippen molar-refractivity contribution in [1.29, 1.82) is 0 Å². The molecule has 6 heteroatoms. The lowest BCUT2D eigenvalue weighted by molar-refractivity contribution is -0.130. The second-order valence-electron chi connectivity index (χ2n) is 6.09. The van der Waals surface area contributed by atoms with E-state index in [0.29, 0.717) is 19.7 Å². The maximum absolute atomic E-state index is 12.3. The number of piperidine rings is 1. The number of carbonyl (C=O) groups is 2. The number of nitrogens with zero attached hydrogens (tertiary/aromatic N) is 2. The van der Waals surface area contributed by atoms with Gasteiger partial charge in [0.2, 0.25) is 11.8 Å². The van der Waals surface area contributed by atoms with Crippen molar-refractivity contribution in [3.63, 3.8) is 0 Å². The number of anilines is 1. The Kier molecular flexibility index (Phi) is 4.69. The summed E-state index contributed by atoms with van der Waals surface area (Å²) in [5, 5.41) is 3.10. The van der Waals surface area contributed by atoms with Crippen LogP contribution in [-0.4, -0.2) is 55.5 Å². The number of ether oxygens (including phenoxy) is 1. The highest BCUT2D eigenvalue weighted by molar-refractivity contribution is 5.82. The highest BCUT2D eigenvalue weighted by atomic mass is 16.5. The van der Waals surface area contributed by atoms with E-state index in [9.17, 15) is 9.59 Å². The second-order valence-corrected chi connectivity index (χ2v) is 6.09. The third-order valence-corrected chi connectivity index (χ3v) is 4.46. The van der Waals surface area contributed by atoms with Crippen molar-refractivity contribution in [2.24, 2.45) is 0 Å². The molecule has 1 aromatic rings. The molecule has 3 rings (SSSR count). The molecular weight excluding hydrogens is 294 g/mol. The first-order valence-electron chi connectivity index (χ1n) is 8.15. The van der Waals surface area contributed by atoms with E-state index in [-0.39, 0.29) is 17.9 Å². The summed E-state index contributed by atoms with van der Waals surface area (Å²) < 4.78 is 5.61. The topological polar surface area (TPSA) is 61.9 Å². The van der Waals surface area contributed by atoms with Crippen molar-refractivity contribution in [3.05, 3.63) is 24.3 Å². The summed E-state index contributed by atoms with van der Waals surface area (Å²) in [6.45, 7) is 4.69. The van der Waals surface area contributed by atoms with Gasteiger partial charge in [-0.25, -0.2) is 0 Å². The molecule has 1 saturated heterocycles. The largest absolute Gasteiger partial charge is 0.490 e. The van der Waals surface area contributed by atoms with E-state index in [1.54, 1.807) is 6.92 Å². The molecule has 1 fully saturated rings. The fourth-order valence-electron chi connectivity index (χ4n) is 3.18. The van der Waals surface area contributed by atoms with Crippen molar-refractivity contribution in [2.45, 2.75) is 25.8 Å². The summed E-state index contributed by atoms with van der Waals surface area (Å²) in [6.07, 6.45) is 1.65. The number of benzene rings is 1. The number of nitrogens with one attached hydrogen (secondary N) is 1. The second kappa shape index (κ2) is 6.89. The fraction of sp³-hybridized carbons (Fsp3) is 0.529. The third-order valence-electron chi connectivity index (χ3n) is 4.46. The molecule has 0 bridgehead atoms. The SMILES string of the molecule is CC(=O)N1CCC(NC(=O)CN2CCOc3ccccc32)CC1. The summed E-state index contributed by atoms with van der Waals surface area (Å²) in [5.74, 6) is 0.976. The molecule has 0 spiro atoms. The fourth-order valence-corrected chi connectivity index (χ4v) is 3.18. The van der Waals surface area contributed by atoms with Crippen LogP contribution < -0.4 is 15.0 Å². The van der Waals surface area contributed by atoms with Gasteiger partial charge in [-0.3, -0.25) is 9.59 Å². The van der Waals surface area contributed by atoms with Gasteiger partial charge in [-0.05, 0) is 25.0 Å². The van der Waals surface area contributed by atoms with Gasteiger partial charge in [0.25, 0.3) is 0 Å². The normalized spacial score (nSPS) is 18.1. The number of carbonyl (C=O) groups excluding carboxylic acids is 2. The minimum absolute atomic E-state index is 0.0305. The van der Waals surface area contributed by atoms with Crippen LogP contribution >= 0.6 is 0 Å². The number of hydrogen-bond donors (Lipinski definition) is 1. The third kappa shape index (κ3) is 3.75. The number of rotatable bonds is 3. The molecule has 0 atom stereocenters. The molecule has 1 aromatic carbocycles. The van der Waals surface area contributed by atoms with Crippen molar-refractivity contribution in [1.82, 2.24) is 10.2 Å². The van der Waals surface area contributed by atoms with Crippen LogP contribution in [0.25, 0.3) is 0 Å². The zero-order valence-corrected chi connectivity index (χ0v) is 13.5. The van der Waals surface area contributed by atoms with E-state index in [1.807, 2.05) is 29.2 Å². The van der Waals surface area contributed by atoms with Gasteiger partial charge in [-0.2, -0.15) is 0 Å². The van der Waals surface area contributed by atoms with Gasteiger partial charge in [-0.1, -0.05) is 12.1 Å². The number of hydrogen-bond acceptors (Lipinski definition) is 4. The Morgan fingerprint density at radius 2 is 1.96 bits per heavy atom. The molecular formula is C17H23N3O3. The smallest absolute Gasteiger partial charge is 0.239 e. The average molecular weight is 317 g/mol. The first-order valence-corrected chi connectivity index (χ1v) is 8.15. The highest BCUT2D eigenvalue weighted by Gasteiger charge is 2.24. The molecule has 6 nitrogen and oxygen atoms in total. The average Bonchev–Trinajstić information content (AvgIpc) is 2.55. The molecule has 0 radical (unpaired) electrons. The molecule has 0 unspecified atom stereocenters. The van der Waals surface area contributed by atoms with Crippen LogP contribution in [0.2, 0.25) is 0 Å². The lowest BCUT2D eigenvalue weighted by Crippen LogP contribution is -2.49. The minimum Gasteiger partial charge on any atom is -0.490 e. The van der Waals surface area contributed by atoms with Gasteiger partial charge < -0.3 is 19.9 Å². The van der Waals surface area contributed by atoms with Crippen molar-refractivity contribution in [3.8, 4) is 5.75 Å². The molecule has 2 aliphatic heterocycles. The number of para-hydroxylation sites is 2. The van der Waals surface area contributed by atoms with E-state index >= 15 is 0 Å². The van der Waals surface area contributed by atoms with E-state index in [1.165, 1.54) is 0 Å². The Morgan fingerprint density at radius 3 is 2.70 bits per heavy atom. The van der Waals surface area contributed by atoms with Crippen LogP contribution in [0, 0.1) is 0 Å². The Hall–Kier alpha value is -2.24. The van der Waals surface area contributed by atoms with Gasteiger partial charge in [0.1, 0.15) is 12.4 Å². The van der Waals surface area contributed by atoms with E-state index in [4.69, 9.17) is 4.74 Å². The van der Waals surface area contributed by atoms with Crippen LogP contribution in [-0.2, 0) is 9.59 Å². The minimum atomic E-state index is 0.0305. The Balaban J connectivity index is 1.52. The predicted molar refractivity (Wildman–Crippen MR) is 87.6 cm³/mol. The van der Waals surface area contributed by atoms with Gasteiger partial charge in [0.05, 0.1) is 18.8 Å². The lowest BCUT2D eigenvalue weighted by atomic mass is 10.0. The highest BCUT2D eigenvalue weighted by Crippen LogP contribution is 2.30. The molecule has 0 aromatic heterocycles. The molecule has 0 saturated carbocycles. The van der Waals surface area contributed by atoms with Crippen molar-refractivity contribution >= 4 is 17.5 Å². The maximum Gasteiger partial charge on any atom is 0.239 e. The van der Waals surface area contributed by atoms with Crippen LogP contribution in [0.3, 0.4) is 0 Å². The van der Waals surface area contributed by atoms with Crippen molar-refractivity contribution in [2.75, 3.05) is 37.7 Å². The molecule has 0 aliphatic carbocycles. The summed E-state index contributed by atoms with van der Waals surface area (Å²) in [6, 6.07) is 7.96. The van der Waals surface area contributed by atoms with E-state index in [0.717, 1.165) is 37.4 Å². The first kappa shape index (κ1) is 15.6. The molecule has 2 amide bonds. The van der Waals surface area contributed by atoms with E-state index in [2.05, 4.69) is 10.2 Å². The first-order chi connectivity index (χ1) is 11.1. The van der Waals surface area contributed by atoms with Crippen LogP contribution in [0.15, 0.2) is 24.3 Å². The number of likely N-dealkylation sites (tertiary alicyclic amines) is 1. The van der Waals surface area contributed by atoms with Gasteiger partial charge in [0.15, 0.2) is 0 Å². The predicted octanol–water partition coefficient (Wildman–Crippen LogP) is 1.01. The maximum atomic E-state index is 12.3. The lowest BCUT2D eigenvalue weighted by Gasteiger charge is -2.33. The monoisotopic (exact) mass is 317 g/mol. The molecule has 1 N–H and O–H groups in total. The van der Waals surface area contributed by atoms with E-state index < -0.39 is 0 Å². The van der Waals surface area contributed by atoms with Gasteiger partial charge in [-0.15, -0.1) is 0 Å². The summed E-state index contributed by atoms with van der Waals surface area (Å²) >= 11 is 0.